The second-order valence-corrected chi connectivity index (χ2v) is 7.85. The predicted octanol–water partition coefficient (Wildman–Crippen LogP) is 4.34. The lowest BCUT2D eigenvalue weighted by molar-refractivity contribution is 0.718. The summed E-state index contributed by atoms with van der Waals surface area (Å²) >= 11 is 3.49. The van der Waals surface area contributed by atoms with Crippen LogP contribution in [-0.2, 0) is 13.5 Å². The molecule has 0 bridgehead atoms. The SMILES string of the molecule is Cc1cc(C)n(-c2cc(Cc3c(C)c(-c4ccc(Br)cc4)nn3C)ncn2)n1. The molecule has 0 aliphatic carbocycles. The Morgan fingerprint density at radius 3 is 2.39 bits per heavy atom. The fraction of sp³-hybridized carbons (Fsp3) is 0.238. The van der Waals surface area contributed by atoms with E-state index in [1.807, 2.05) is 54.5 Å². The smallest absolute Gasteiger partial charge is 0.157 e. The van der Waals surface area contributed by atoms with Crippen molar-refractivity contribution >= 4 is 15.9 Å². The number of nitrogens with zero attached hydrogens (tertiary/aromatic N) is 6. The molecule has 142 valence electrons. The minimum absolute atomic E-state index is 0.681. The van der Waals surface area contributed by atoms with E-state index in [1.165, 1.54) is 0 Å². The van der Waals surface area contributed by atoms with Crippen LogP contribution in [0.3, 0.4) is 0 Å². The van der Waals surface area contributed by atoms with E-state index in [0.29, 0.717) is 6.42 Å². The first-order valence-electron chi connectivity index (χ1n) is 9.05. The van der Waals surface area contributed by atoms with Crippen LogP contribution in [0.5, 0.6) is 0 Å². The minimum atomic E-state index is 0.681. The van der Waals surface area contributed by atoms with Crippen molar-refractivity contribution in [2.24, 2.45) is 7.05 Å². The van der Waals surface area contributed by atoms with Gasteiger partial charge in [0, 0.05) is 41.0 Å². The molecule has 0 aliphatic rings. The van der Waals surface area contributed by atoms with E-state index in [4.69, 9.17) is 5.10 Å². The summed E-state index contributed by atoms with van der Waals surface area (Å²) in [5.74, 6) is 0.781. The van der Waals surface area contributed by atoms with Crippen LogP contribution in [0.4, 0.5) is 0 Å². The summed E-state index contributed by atoms with van der Waals surface area (Å²) in [6.07, 6.45) is 2.28. The lowest BCUT2D eigenvalue weighted by Crippen LogP contribution is -2.06. The van der Waals surface area contributed by atoms with Gasteiger partial charge < -0.3 is 0 Å². The Morgan fingerprint density at radius 2 is 1.71 bits per heavy atom. The molecule has 0 unspecified atom stereocenters. The quantitative estimate of drug-likeness (QED) is 0.477. The van der Waals surface area contributed by atoms with Crippen molar-refractivity contribution in [3.63, 3.8) is 0 Å². The average Bonchev–Trinajstić information content (AvgIpc) is 3.15. The fourth-order valence-corrected chi connectivity index (χ4v) is 3.69. The van der Waals surface area contributed by atoms with Crippen molar-refractivity contribution in [2.45, 2.75) is 27.2 Å². The van der Waals surface area contributed by atoms with Crippen LogP contribution < -0.4 is 0 Å². The highest BCUT2D eigenvalue weighted by Crippen LogP contribution is 2.27. The number of halogens is 1. The number of aryl methyl sites for hydroxylation is 3. The van der Waals surface area contributed by atoms with Crippen LogP contribution in [-0.4, -0.2) is 29.5 Å². The summed E-state index contributed by atoms with van der Waals surface area (Å²) in [6.45, 7) is 6.12. The first-order valence-corrected chi connectivity index (χ1v) is 9.84. The Bertz CT molecular complexity index is 1140. The van der Waals surface area contributed by atoms with Crippen LogP contribution in [0, 0.1) is 20.8 Å². The number of hydrogen-bond donors (Lipinski definition) is 0. The largest absolute Gasteiger partial charge is 0.271 e. The molecule has 0 fully saturated rings. The van der Waals surface area contributed by atoms with E-state index in [0.717, 1.165) is 49.9 Å². The van der Waals surface area contributed by atoms with E-state index in [-0.39, 0.29) is 0 Å². The van der Waals surface area contributed by atoms with Gasteiger partial charge in [-0.1, -0.05) is 28.1 Å². The zero-order valence-electron chi connectivity index (χ0n) is 16.3. The molecule has 3 heterocycles. The third kappa shape index (κ3) is 3.49. The standard InChI is InChI=1S/C21H21BrN6/c1-13-9-14(2)28(25-13)20-11-18(23-12-24-20)10-19-15(3)21(26-27(19)4)16-5-7-17(22)8-6-16/h5-9,11-12H,10H2,1-4H3. The molecule has 0 atom stereocenters. The number of aromatic nitrogens is 6. The molecule has 0 N–H and O–H groups in total. The topological polar surface area (TPSA) is 61.4 Å². The highest BCUT2D eigenvalue weighted by Gasteiger charge is 2.16. The van der Waals surface area contributed by atoms with Gasteiger partial charge in [0.2, 0.25) is 0 Å². The molecule has 0 amide bonds. The molecule has 0 spiro atoms. The van der Waals surface area contributed by atoms with Crippen molar-refractivity contribution < 1.29 is 0 Å². The van der Waals surface area contributed by atoms with Crippen LogP contribution in [0.15, 0.2) is 47.2 Å². The maximum atomic E-state index is 4.74. The first-order chi connectivity index (χ1) is 13.4. The van der Waals surface area contributed by atoms with E-state index >= 15 is 0 Å². The van der Waals surface area contributed by atoms with Crippen molar-refractivity contribution in [3.8, 4) is 17.1 Å². The molecule has 4 aromatic rings. The second-order valence-electron chi connectivity index (χ2n) is 6.93. The van der Waals surface area contributed by atoms with Crippen LogP contribution in [0.2, 0.25) is 0 Å². The Balaban J connectivity index is 1.67. The number of rotatable bonds is 4. The molecule has 0 radical (unpaired) electrons. The van der Waals surface area contributed by atoms with Gasteiger partial charge in [0.15, 0.2) is 5.82 Å². The van der Waals surface area contributed by atoms with Gasteiger partial charge in [-0.15, -0.1) is 0 Å². The van der Waals surface area contributed by atoms with Crippen molar-refractivity contribution in [2.75, 3.05) is 0 Å². The minimum Gasteiger partial charge on any atom is -0.271 e. The van der Waals surface area contributed by atoms with Crippen LogP contribution in [0.1, 0.15) is 28.3 Å². The summed E-state index contributed by atoms with van der Waals surface area (Å²) < 4.78 is 4.85. The number of hydrogen-bond acceptors (Lipinski definition) is 4. The monoisotopic (exact) mass is 436 g/mol. The normalized spacial score (nSPS) is 11.2. The average molecular weight is 437 g/mol. The van der Waals surface area contributed by atoms with Crippen molar-refractivity contribution in [1.29, 1.82) is 0 Å². The summed E-state index contributed by atoms with van der Waals surface area (Å²) in [5.41, 5.74) is 7.36. The highest BCUT2D eigenvalue weighted by molar-refractivity contribution is 9.10. The van der Waals surface area contributed by atoms with Gasteiger partial charge >= 0.3 is 0 Å². The summed E-state index contributed by atoms with van der Waals surface area (Å²) in [4.78, 5) is 8.87. The van der Waals surface area contributed by atoms with Crippen LogP contribution in [0.25, 0.3) is 17.1 Å². The molecular formula is C21H21BrN6. The molecule has 7 heteroatoms. The molecule has 0 saturated carbocycles. The molecule has 0 saturated heterocycles. The number of benzene rings is 1. The van der Waals surface area contributed by atoms with E-state index in [1.54, 1.807) is 6.33 Å². The Hall–Kier alpha value is -2.80. The molecular weight excluding hydrogens is 416 g/mol. The van der Waals surface area contributed by atoms with Crippen LogP contribution >= 0.6 is 15.9 Å². The fourth-order valence-electron chi connectivity index (χ4n) is 3.42. The van der Waals surface area contributed by atoms with E-state index < -0.39 is 0 Å². The molecule has 4 rings (SSSR count). The molecule has 28 heavy (non-hydrogen) atoms. The first kappa shape index (κ1) is 18.6. The highest BCUT2D eigenvalue weighted by atomic mass is 79.9. The molecule has 6 nitrogen and oxygen atoms in total. The van der Waals surface area contributed by atoms with Gasteiger partial charge in [-0.25, -0.2) is 14.6 Å². The third-order valence-corrected chi connectivity index (χ3v) is 5.36. The second kappa shape index (κ2) is 7.31. The van der Waals surface area contributed by atoms with E-state index in [2.05, 4.69) is 50.1 Å². The molecule has 1 aromatic carbocycles. The Labute approximate surface area is 172 Å². The summed E-state index contributed by atoms with van der Waals surface area (Å²) in [5, 5.41) is 9.26. The third-order valence-electron chi connectivity index (χ3n) is 4.83. The van der Waals surface area contributed by atoms with Gasteiger partial charge in [0.05, 0.1) is 17.1 Å². The lowest BCUT2D eigenvalue weighted by atomic mass is 10.0. The lowest BCUT2D eigenvalue weighted by Gasteiger charge is -2.07. The summed E-state index contributed by atoms with van der Waals surface area (Å²) in [6, 6.07) is 12.3. The Morgan fingerprint density at radius 1 is 0.964 bits per heavy atom. The maximum absolute atomic E-state index is 4.74. The van der Waals surface area contributed by atoms with Crippen molar-refractivity contribution in [3.05, 3.63) is 75.5 Å². The Kier molecular flexibility index (Phi) is 4.85. The van der Waals surface area contributed by atoms with Gasteiger partial charge in [-0.3, -0.25) is 4.68 Å². The van der Waals surface area contributed by atoms with E-state index in [9.17, 15) is 0 Å². The summed E-state index contributed by atoms with van der Waals surface area (Å²) in [7, 11) is 1.98. The van der Waals surface area contributed by atoms with Gasteiger partial charge in [0.25, 0.3) is 0 Å². The van der Waals surface area contributed by atoms with Gasteiger partial charge in [0.1, 0.15) is 6.33 Å². The predicted molar refractivity (Wildman–Crippen MR) is 113 cm³/mol. The zero-order chi connectivity index (χ0) is 19.8. The van der Waals surface area contributed by atoms with Gasteiger partial charge in [-0.05, 0) is 44.5 Å². The maximum Gasteiger partial charge on any atom is 0.157 e. The zero-order valence-corrected chi connectivity index (χ0v) is 17.9. The molecule has 3 aromatic heterocycles. The van der Waals surface area contributed by atoms with Crippen molar-refractivity contribution in [1.82, 2.24) is 29.5 Å². The molecule has 0 aliphatic heterocycles. The van der Waals surface area contributed by atoms with Gasteiger partial charge in [-0.2, -0.15) is 10.2 Å².